The number of aldehydes is 1. The first-order valence-electron chi connectivity index (χ1n) is 8.93. The van der Waals surface area contributed by atoms with E-state index in [0.29, 0.717) is 42.1 Å². The molecule has 0 aromatic heterocycles. The van der Waals surface area contributed by atoms with Gasteiger partial charge in [0.1, 0.15) is 6.29 Å². The Morgan fingerprint density at radius 1 is 1.24 bits per heavy atom. The number of benzene rings is 1. The van der Waals surface area contributed by atoms with Crippen LogP contribution < -0.4 is 14.8 Å². The molecule has 1 aliphatic carbocycles. The number of carbonyl (C=O) groups is 2. The maximum absolute atomic E-state index is 12.7. The Kier molecular flexibility index (Phi) is 7.04. The average Bonchev–Trinajstić information content (AvgIpc) is 2.66. The van der Waals surface area contributed by atoms with Crippen molar-refractivity contribution in [3.05, 3.63) is 34.9 Å². The van der Waals surface area contributed by atoms with Gasteiger partial charge >= 0.3 is 0 Å². The van der Waals surface area contributed by atoms with Gasteiger partial charge in [0.05, 0.1) is 19.8 Å². The summed E-state index contributed by atoms with van der Waals surface area (Å²) in [5, 5.41) is 3.07. The molecule has 1 atom stereocenters. The Hall–Kier alpha value is -2.30. The summed E-state index contributed by atoms with van der Waals surface area (Å²) in [7, 11) is 1.60. The maximum Gasteiger partial charge on any atom is 0.248 e. The SMILES string of the molecule is CCOc1cc(C(CC)NC(=O)C2=C(C=O)CCCC2)ccc1OC. The Balaban J connectivity index is 2.22. The van der Waals surface area contributed by atoms with Crippen molar-refractivity contribution < 1.29 is 19.1 Å². The standard InChI is InChI=1S/C20H27NO4/c1-4-17(14-10-11-18(24-3)19(12-14)25-5-2)21-20(23)16-9-7-6-8-15(16)13-22/h10-13,17H,4-9H2,1-3H3,(H,21,23). The normalized spacial score (nSPS) is 15.5. The number of nitrogens with one attached hydrogen (secondary N) is 1. The van der Waals surface area contributed by atoms with Crippen molar-refractivity contribution in [2.45, 2.75) is 52.0 Å². The lowest BCUT2D eigenvalue weighted by Gasteiger charge is -2.22. The molecule has 0 fully saturated rings. The second-order valence-corrected chi connectivity index (χ2v) is 6.11. The van der Waals surface area contributed by atoms with Crippen LogP contribution in [-0.2, 0) is 9.59 Å². The van der Waals surface area contributed by atoms with Gasteiger partial charge in [0.25, 0.3) is 0 Å². The molecule has 1 unspecified atom stereocenters. The Morgan fingerprint density at radius 2 is 2.00 bits per heavy atom. The molecule has 25 heavy (non-hydrogen) atoms. The highest BCUT2D eigenvalue weighted by Gasteiger charge is 2.22. The lowest BCUT2D eigenvalue weighted by molar-refractivity contribution is -0.119. The molecule has 0 heterocycles. The van der Waals surface area contributed by atoms with E-state index in [4.69, 9.17) is 9.47 Å². The van der Waals surface area contributed by atoms with Crippen LogP contribution in [0, 0.1) is 0 Å². The third kappa shape index (κ3) is 4.62. The number of allylic oxidation sites excluding steroid dienone is 1. The second-order valence-electron chi connectivity index (χ2n) is 6.11. The minimum Gasteiger partial charge on any atom is -0.493 e. The first-order chi connectivity index (χ1) is 12.1. The summed E-state index contributed by atoms with van der Waals surface area (Å²) in [5.41, 5.74) is 2.24. The molecule has 0 saturated heterocycles. The smallest absolute Gasteiger partial charge is 0.248 e. The van der Waals surface area contributed by atoms with Gasteiger partial charge in [-0.3, -0.25) is 9.59 Å². The molecule has 1 aliphatic rings. The van der Waals surface area contributed by atoms with Crippen LogP contribution in [0.1, 0.15) is 57.6 Å². The predicted molar refractivity (Wildman–Crippen MR) is 96.9 cm³/mol. The summed E-state index contributed by atoms with van der Waals surface area (Å²) in [6.45, 7) is 4.48. The van der Waals surface area contributed by atoms with E-state index in [9.17, 15) is 9.59 Å². The van der Waals surface area contributed by atoms with E-state index in [1.54, 1.807) is 7.11 Å². The summed E-state index contributed by atoms with van der Waals surface area (Å²) in [6.07, 6.45) is 4.86. The van der Waals surface area contributed by atoms with Gasteiger partial charge in [-0.25, -0.2) is 0 Å². The molecule has 1 aromatic carbocycles. The largest absolute Gasteiger partial charge is 0.493 e. The zero-order valence-corrected chi connectivity index (χ0v) is 15.3. The molecule has 136 valence electrons. The summed E-state index contributed by atoms with van der Waals surface area (Å²) in [5.74, 6) is 1.20. The van der Waals surface area contributed by atoms with E-state index in [-0.39, 0.29) is 11.9 Å². The van der Waals surface area contributed by atoms with E-state index in [0.717, 1.165) is 31.1 Å². The Labute approximate surface area is 149 Å². The van der Waals surface area contributed by atoms with Crippen LogP contribution in [0.4, 0.5) is 0 Å². The van der Waals surface area contributed by atoms with Crippen molar-refractivity contribution in [1.82, 2.24) is 5.32 Å². The van der Waals surface area contributed by atoms with Gasteiger partial charge in [-0.15, -0.1) is 0 Å². The fraction of sp³-hybridized carbons (Fsp3) is 0.500. The van der Waals surface area contributed by atoms with E-state index in [1.807, 2.05) is 32.0 Å². The van der Waals surface area contributed by atoms with Gasteiger partial charge in [-0.1, -0.05) is 13.0 Å². The van der Waals surface area contributed by atoms with E-state index < -0.39 is 0 Å². The molecule has 5 heteroatoms. The summed E-state index contributed by atoms with van der Waals surface area (Å²) in [6, 6.07) is 5.56. The molecule has 0 aliphatic heterocycles. The molecular weight excluding hydrogens is 318 g/mol. The van der Waals surface area contributed by atoms with Crippen molar-refractivity contribution in [2.24, 2.45) is 0 Å². The van der Waals surface area contributed by atoms with Crippen molar-refractivity contribution >= 4 is 12.2 Å². The molecule has 1 amide bonds. The zero-order valence-electron chi connectivity index (χ0n) is 15.3. The lowest BCUT2D eigenvalue weighted by Crippen LogP contribution is -2.31. The quantitative estimate of drug-likeness (QED) is 0.729. The molecule has 0 saturated carbocycles. The molecule has 0 bridgehead atoms. The number of methoxy groups -OCH3 is 1. The van der Waals surface area contributed by atoms with Gasteiger partial charge in [0, 0.05) is 11.1 Å². The molecule has 0 spiro atoms. The molecule has 2 rings (SSSR count). The van der Waals surface area contributed by atoms with Crippen LogP contribution >= 0.6 is 0 Å². The minimum absolute atomic E-state index is 0.137. The van der Waals surface area contributed by atoms with E-state index in [1.165, 1.54) is 0 Å². The molecule has 5 nitrogen and oxygen atoms in total. The molecule has 0 radical (unpaired) electrons. The third-order valence-corrected chi connectivity index (χ3v) is 4.53. The minimum atomic E-state index is -0.139. The summed E-state index contributed by atoms with van der Waals surface area (Å²) < 4.78 is 10.9. The van der Waals surface area contributed by atoms with Gasteiger partial charge in [0.2, 0.25) is 5.91 Å². The Bertz CT molecular complexity index is 651. The highest BCUT2D eigenvalue weighted by molar-refractivity contribution is 5.99. The predicted octanol–water partition coefficient (Wildman–Crippen LogP) is 3.73. The maximum atomic E-state index is 12.7. The van der Waals surface area contributed by atoms with Gasteiger partial charge in [0.15, 0.2) is 11.5 Å². The van der Waals surface area contributed by atoms with E-state index >= 15 is 0 Å². The van der Waals surface area contributed by atoms with Gasteiger partial charge in [-0.2, -0.15) is 0 Å². The van der Waals surface area contributed by atoms with Crippen LogP contribution in [0.15, 0.2) is 29.3 Å². The van der Waals surface area contributed by atoms with Crippen LogP contribution in [0.25, 0.3) is 0 Å². The molecule has 1 N–H and O–H groups in total. The number of rotatable bonds is 8. The van der Waals surface area contributed by atoms with Crippen LogP contribution in [0.2, 0.25) is 0 Å². The average molecular weight is 345 g/mol. The topological polar surface area (TPSA) is 64.6 Å². The van der Waals surface area contributed by atoms with Gasteiger partial charge < -0.3 is 14.8 Å². The number of amides is 1. The number of hydrogen-bond donors (Lipinski definition) is 1. The van der Waals surface area contributed by atoms with Crippen LogP contribution in [-0.4, -0.2) is 25.9 Å². The monoisotopic (exact) mass is 345 g/mol. The highest BCUT2D eigenvalue weighted by Crippen LogP contribution is 2.32. The lowest BCUT2D eigenvalue weighted by atomic mass is 9.91. The summed E-state index contributed by atoms with van der Waals surface area (Å²) >= 11 is 0. The van der Waals surface area contributed by atoms with Crippen molar-refractivity contribution in [1.29, 1.82) is 0 Å². The van der Waals surface area contributed by atoms with E-state index in [2.05, 4.69) is 5.32 Å². The fourth-order valence-electron chi connectivity index (χ4n) is 3.16. The van der Waals surface area contributed by atoms with Crippen molar-refractivity contribution in [3.63, 3.8) is 0 Å². The highest BCUT2D eigenvalue weighted by atomic mass is 16.5. The van der Waals surface area contributed by atoms with Crippen molar-refractivity contribution in [3.8, 4) is 11.5 Å². The van der Waals surface area contributed by atoms with Gasteiger partial charge in [-0.05, 0) is 56.7 Å². The zero-order chi connectivity index (χ0) is 18.2. The van der Waals surface area contributed by atoms with Crippen molar-refractivity contribution in [2.75, 3.05) is 13.7 Å². The number of carbonyl (C=O) groups excluding carboxylic acids is 2. The third-order valence-electron chi connectivity index (χ3n) is 4.53. The number of ether oxygens (including phenoxy) is 2. The molecule has 1 aromatic rings. The fourth-order valence-corrected chi connectivity index (χ4v) is 3.16. The second kappa shape index (κ2) is 9.25. The molecular formula is C20H27NO4. The first-order valence-corrected chi connectivity index (χ1v) is 8.93. The first kappa shape index (κ1) is 19.0. The van der Waals surface area contributed by atoms with Crippen LogP contribution in [0.5, 0.6) is 11.5 Å². The number of hydrogen-bond acceptors (Lipinski definition) is 4. The Morgan fingerprint density at radius 3 is 2.64 bits per heavy atom. The van der Waals surface area contributed by atoms with Crippen LogP contribution in [0.3, 0.4) is 0 Å². The summed E-state index contributed by atoms with van der Waals surface area (Å²) in [4.78, 5) is 23.9.